The normalized spacial score (nSPS) is 10.5. The highest BCUT2D eigenvalue weighted by molar-refractivity contribution is 5.94. The van der Waals surface area contributed by atoms with Crippen LogP contribution in [0.2, 0.25) is 0 Å². The number of nitrogens with one attached hydrogen (secondary N) is 3. The maximum atomic E-state index is 11.6. The molecule has 0 spiro atoms. The van der Waals surface area contributed by atoms with E-state index in [1.54, 1.807) is 13.1 Å². The van der Waals surface area contributed by atoms with Crippen LogP contribution in [0.3, 0.4) is 0 Å². The van der Waals surface area contributed by atoms with Crippen molar-refractivity contribution in [2.24, 2.45) is 0 Å². The lowest BCUT2D eigenvalue weighted by molar-refractivity contribution is 0.0963. The van der Waals surface area contributed by atoms with Crippen LogP contribution in [-0.2, 0) is 6.54 Å². The number of carbonyl (C=O) groups is 1. The molecule has 0 aliphatic carbocycles. The Hall–Kier alpha value is -2.75. The van der Waals surface area contributed by atoms with Crippen LogP contribution in [0.5, 0.6) is 0 Å². The van der Waals surface area contributed by atoms with E-state index in [0.717, 1.165) is 17.7 Å². The van der Waals surface area contributed by atoms with Gasteiger partial charge in [-0.2, -0.15) is 0 Å². The Bertz CT molecular complexity index is 776. The van der Waals surface area contributed by atoms with Gasteiger partial charge in [0.25, 0.3) is 5.91 Å². The highest BCUT2D eigenvalue weighted by Crippen LogP contribution is 2.16. The number of benzene rings is 2. The van der Waals surface area contributed by atoms with E-state index in [2.05, 4.69) is 39.9 Å². The number of amides is 1. The number of rotatable bonds is 4. The minimum atomic E-state index is -0.0765. The van der Waals surface area contributed by atoms with Crippen molar-refractivity contribution in [1.29, 1.82) is 0 Å². The molecule has 3 N–H and O–H groups in total. The molecule has 3 rings (SSSR count). The second-order valence-corrected chi connectivity index (χ2v) is 4.91. The number of fused-ring (bicyclic) bond motifs is 1. The zero-order valence-corrected chi connectivity index (χ0v) is 11.8. The average molecular weight is 279 g/mol. The smallest absolute Gasteiger partial charge is 0.251 e. The van der Waals surface area contributed by atoms with E-state index in [0.29, 0.717) is 5.56 Å². The Morgan fingerprint density at radius 1 is 1.14 bits per heavy atom. The Morgan fingerprint density at radius 2 is 2.05 bits per heavy atom. The van der Waals surface area contributed by atoms with Gasteiger partial charge in [0.2, 0.25) is 0 Å². The number of hydrogen-bond acceptors (Lipinski definition) is 2. The molecule has 1 aromatic heterocycles. The Kier molecular flexibility index (Phi) is 3.60. The van der Waals surface area contributed by atoms with Gasteiger partial charge in [0.15, 0.2) is 0 Å². The predicted molar refractivity (Wildman–Crippen MR) is 85.5 cm³/mol. The van der Waals surface area contributed by atoms with Gasteiger partial charge < -0.3 is 15.6 Å². The standard InChI is InChI=1S/C17H17N3O/c1-18-17(21)14-3-2-4-15(10-14)20-11-12-5-6-16-13(9-12)7-8-19-16/h2-10,19-20H,11H2,1H3,(H,18,21). The molecule has 0 unspecified atom stereocenters. The Morgan fingerprint density at radius 3 is 2.90 bits per heavy atom. The Balaban J connectivity index is 1.73. The van der Waals surface area contributed by atoms with Crippen LogP contribution < -0.4 is 10.6 Å². The summed E-state index contributed by atoms with van der Waals surface area (Å²) in [5.41, 5.74) is 3.93. The first-order chi connectivity index (χ1) is 10.3. The minimum absolute atomic E-state index is 0.0765. The SMILES string of the molecule is CNC(=O)c1cccc(NCc2ccc3[nH]ccc3c2)c1. The van der Waals surface area contributed by atoms with Crippen LogP contribution in [0.25, 0.3) is 10.9 Å². The summed E-state index contributed by atoms with van der Waals surface area (Å²) in [6.07, 6.45) is 1.94. The van der Waals surface area contributed by atoms with E-state index in [-0.39, 0.29) is 5.91 Å². The molecule has 0 atom stereocenters. The van der Waals surface area contributed by atoms with Gasteiger partial charge in [-0.05, 0) is 47.3 Å². The van der Waals surface area contributed by atoms with Crippen molar-refractivity contribution in [3.05, 3.63) is 65.9 Å². The van der Waals surface area contributed by atoms with Gasteiger partial charge in [0.05, 0.1) is 0 Å². The number of aromatic nitrogens is 1. The van der Waals surface area contributed by atoms with E-state index in [1.807, 2.05) is 24.4 Å². The van der Waals surface area contributed by atoms with Crippen LogP contribution >= 0.6 is 0 Å². The lowest BCUT2D eigenvalue weighted by Gasteiger charge is -2.08. The molecular weight excluding hydrogens is 262 g/mol. The number of anilines is 1. The molecule has 1 heterocycles. The Labute approximate surface area is 123 Å². The molecular formula is C17H17N3O. The van der Waals surface area contributed by atoms with Crippen LogP contribution in [0.1, 0.15) is 15.9 Å². The van der Waals surface area contributed by atoms with E-state index in [4.69, 9.17) is 0 Å². The summed E-state index contributed by atoms with van der Waals surface area (Å²) in [4.78, 5) is 14.8. The summed E-state index contributed by atoms with van der Waals surface area (Å²) >= 11 is 0. The van der Waals surface area contributed by atoms with Gasteiger partial charge in [-0.1, -0.05) is 12.1 Å². The molecule has 106 valence electrons. The van der Waals surface area contributed by atoms with Crippen molar-refractivity contribution in [3.8, 4) is 0 Å². The van der Waals surface area contributed by atoms with Crippen LogP contribution in [0, 0.1) is 0 Å². The lowest BCUT2D eigenvalue weighted by Crippen LogP contribution is -2.17. The largest absolute Gasteiger partial charge is 0.381 e. The summed E-state index contributed by atoms with van der Waals surface area (Å²) in [5, 5.41) is 7.18. The summed E-state index contributed by atoms with van der Waals surface area (Å²) in [6.45, 7) is 0.721. The first-order valence-electron chi connectivity index (χ1n) is 6.88. The molecule has 0 bridgehead atoms. The third kappa shape index (κ3) is 2.89. The third-order valence-corrected chi connectivity index (χ3v) is 3.47. The number of hydrogen-bond donors (Lipinski definition) is 3. The molecule has 0 aliphatic heterocycles. The zero-order chi connectivity index (χ0) is 14.7. The maximum Gasteiger partial charge on any atom is 0.251 e. The van der Waals surface area contributed by atoms with Crippen molar-refractivity contribution in [2.45, 2.75) is 6.54 Å². The number of aromatic amines is 1. The monoisotopic (exact) mass is 279 g/mol. The van der Waals surface area contributed by atoms with Crippen LogP contribution in [0.4, 0.5) is 5.69 Å². The van der Waals surface area contributed by atoms with Crippen molar-refractivity contribution in [3.63, 3.8) is 0 Å². The molecule has 0 saturated carbocycles. The minimum Gasteiger partial charge on any atom is -0.381 e. The van der Waals surface area contributed by atoms with Gasteiger partial charge >= 0.3 is 0 Å². The fourth-order valence-electron chi connectivity index (χ4n) is 2.33. The second-order valence-electron chi connectivity index (χ2n) is 4.91. The third-order valence-electron chi connectivity index (χ3n) is 3.47. The van der Waals surface area contributed by atoms with Gasteiger partial charge in [0.1, 0.15) is 0 Å². The van der Waals surface area contributed by atoms with Gasteiger partial charge in [-0.25, -0.2) is 0 Å². The molecule has 3 aromatic rings. The molecule has 1 amide bonds. The second kappa shape index (κ2) is 5.71. The summed E-state index contributed by atoms with van der Waals surface area (Å²) in [7, 11) is 1.63. The van der Waals surface area contributed by atoms with Gasteiger partial charge in [0, 0.05) is 36.6 Å². The fourth-order valence-corrected chi connectivity index (χ4v) is 2.33. The van der Waals surface area contributed by atoms with E-state index < -0.39 is 0 Å². The average Bonchev–Trinajstić information content (AvgIpc) is 3.00. The van der Waals surface area contributed by atoms with E-state index >= 15 is 0 Å². The quantitative estimate of drug-likeness (QED) is 0.687. The van der Waals surface area contributed by atoms with E-state index in [1.165, 1.54) is 10.9 Å². The predicted octanol–water partition coefficient (Wildman–Crippen LogP) is 3.14. The van der Waals surface area contributed by atoms with E-state index in [9.17, 15) is 4.79 Å². The maximum absolute atomic E-state index is 11.6. The van der Waals surface area contributed by atoms with Crippen molar-refractivity contribution >= 4 is 22.5 Å². The molecule has 0 saturated heterocycles. The molecule has 0 radical (unpaired) electrons. The van der Waals surface area contributed by atoms with Crippen molar-refractivity contribution < 1.29 is 4.79 Å². The number of carbonyl (C=O) groups excluding carboxylic acids is 1. The fraction of sp³-hybridized carbons (Fsp3) is 0.118. The molecule has 2 aromatic carbocycles. The van der Waals surface area contributed by atoms with Crippen molar-refractivity contribution in [1.82, 2.24) is 10.3 Å². The number of H-pyrrole nitrogens is 1. The van der Waals surface area contributed by atoms with Crippen LogP contribution in [0.15, 0.2) is 54.7 Å². The molecule has 0 fully saturated rings. The molecule has 4 heteroatoms. The highest BCUT2D eigenvalue weighted by atomic mass is 16.1. The van der Waals surface area contributed by atoms with Crippen molar-refractivity contribution in [2.75, 3.05) is 12.4 Å². The van der Waals surface area contributed by atoms with Gasteiger partial charge in [-0.3, -0.25) is 4.79 Å². The molecule has 0 aliphatic rings. The highest BCUT2D eigenvalue weighted by Gasteiger charge is 2.03. The molecule has 21 heavy (non-hydrogen) atoms. The van der Waals surface area contributed by atoms with Gasteiger partial charge in [-0.15, -0.1) is 0 Å². The topological polar surface area (TPSA) is 56.9 Å². The summed E-state index contributed by atoms with van der Waals surface area (Å²) in [5.74, 6) is -0.0765. The summed E-state index contributed by atoms with van der Waals surface area (Å²) in [6, 6.07) is 15.9. The van der Waals surface area contributed by atoms with Crippen LogP contribution in [-0.4, -0.2) is 17.9 Å². The first-order valence-corrected chi connectivity index (χ1v) is 6.88. The zero-order valence-electron chi connectivity index (χ0n) is 11.8. The summed E-state index contributed by atoms with van der Waals surface area (Å²) < 4.78 is 0. The molecule has 4 nitrogen and oxygen atoms in total. The first kappa shape index (κ1) is 13.2. The lowest BCUT2D eigenvalue weighted by atomic mass is 10.1.